The maximum atomic E-state index is 13.3. The SMILES string of the molecule is CC(=O)Nc1cc2c(cc1C(F)(F)F)C(=O)N(C1CCC(=O)NC1=O)C2. The van der Waals surface area contributed by atoms with Gasteiger partial charge in [-0.05, 0) is 24.1 Å². The third-order valence-electron chi connectivity index (χ3n) is 4.28. The predicted molar refractivity (Wildman–Crippen MR) is 81.8 cm³/mol. The van der Waals surface area contributed by atoms with E-state index in [1.807, 2.05) is 0 Å². The molecule has 0 aromatic heterocycles. The van der Waals surface area contributed by atoms with Gasteiger partial charge in [-0.25, -0.2) is 0 Å². The minimum atomic E-state index is -4.77. The maximum absolute atomic E-state index is 13.3. The van der Waals surface area contributed by atoms with Gasteiger partial charge in [0, 0.05) is 25.5 Å². The summed E-state index contributed by atoms with van der Waals surface area (Å²) in [5.74, 6) is -2.50. The predicted octanol–water partition coefficient (Wildman–Crippen LogP) is 1.42. The number of hydrogen-bond donors (Lipinski definition) is 2. The van der Waals surface area contributed by atoms with E-state index in [4.69, 9.17) is 0 Å². The molecule has 2 N–H and O–H groups in total. The van der Waals surface area contributed by atoms with Crippen LogP contribution in [0.4, 0.5) is 18.9 Å². The third-order valence-corrected chi connectivity index (χ3v) is 4.28. The van der Waals surface area contributed by atoms with Crippen LogP contribution >= 0.6 is 0 Å². The molecule has 2 heterocycles. The van der Waals surface area contributed by atoms with Crippen LogP contribution in [0.2, 0.25) is 0 Å². The van der Waals surface area contributed by atoms with Crippen molar-refractivity contribution in [2.24, 2.45) is 0 Å². The molecule has 26 heavy (non-hydrogen) atoms. The first-order chi connectivity index (χ1) is 12.1. The van der Waals surface area contributed by atoms with Crippen molar-refractivity contribution in [3.63, 3.8) is 0 Å². The number of benzene rings is 1. The van der Waals surface area contributed by atoms with E-state index in [0.717, 1.165) is 17.9 Å². The Hall–Kier alpha value is -2.91. The van der Waals surface area contributed by atoms with E-state index < -0.39 is 47.1 Å². The fraction of sp³-hybridized carbons (Fsp3) is 0.375. The second kappa shape index (κ2) is 6.11. The van der Waals surface area contributed by atoms with Crippen LogP contribution in [-0.2, 0) is 27.1 Å². The molecule has 1 atom stereocenters. The summed E-state index contributed by atoms with van der Waals surface area (Å²) < 4.78 is 39.8. The molecule has 3 rings (SSSR count). The van der Waals surface area contributed by atoms with Crippen LogP contribution in [-0.4, -0.2) is 34.6 Å². The van der Waals surface area contributed by atoms with Gasteiger partial charge in [-0.2, -0.15) is 13.2 Å². The van der Waals surface area contributed by atoms with E-state index >= 15 is 0 Å². The minimum absolute atomic E-state index is 0.0431. The fourth-order valence-corrected chi connectivity index (χ4v) is 3.14. The molecule has 4 amide bonds. The van der Waals surface area contributed by atoms with Crippen molar-refractivity contribution in [2.45, 2.75) is 38.5 Å². The smallest absolute Gasteiger partial charge is 0.326 e. The molecule has 1 fully saturated rings. The zero-order valence-corrected chi connectivity index (χ0v) is 13.6. The largest absolute Gasteiger partial charge is 0.418 e. The lowest BCUT2D eigenvalue weighted by molar-refractivity contribution is -0.138. The molecule has 0 spiro atoms. The summed E-state index contributed by atoms with van der Waals surface area (Å²) in [6, 6.07) is 0.865. The highest BCUT2D eigenvalue weighted by Crippen LogP contribution is 2.39. The summed E-state index contributed by atoms with van der Waals surface area (Å²) in [5.41, 5.74) is -1.47. The van der Waals surface area contributed by atoms with Crippen LogP contribution in [0.15, 0.2) is 12.1 Å². The molecule has 138 valence electrons. The molecule has 1 saturated heterocycles. The summed E-state index contributed by atoms with van der Waals surface area (Å²) in [6.45, 7) is 0.999. The first-order valence-corrected chi connectivity index (χ1v) is 7.74. The molecule has 0 bridgehead atoms. The molecule has 1 aromatic rings. The van der Waals surface area contributed by atoms with Crippen LogP contribution in [0.1, 0.15) is 41.3 Å². The normalized spacial score (nSPS) is 20.1. The molecule has 1 unspecified atom stereocenters. The monoisotopic (exact) mass is 369 g/mol. The van der Waals surface area contributed by atoms with Gasteiger partial charge in [0.25, 0.3) is 5.91 Å². The molecular formula is C16H14F3N3O4. The van der Waals surface area contributed by atoms with Gasteiger partial charge in [-0.3, -0.25) is 24.5 Å². The molecule has 0 radical (unpaired) electrons. The van der Waals surface area contributed by atoms with Crippen LogP contribution in [0.3, 0.4) is 0 Å². The zero-order valence-electron chi connectivity index (χ0n) is 13.6. The van der Waals surface area contributed by atoms with E-state index in [9.17, 15) is 32.3 Å². The Morgan fingerprint density at radius 2 is 1.96 bits per heavy atom. The summed E-state index contributed by atoms with van der Waals surface area (Å²) in [6.07, 6.45) is -4.62. The highest BCUT2D eigenvalue weighted by molar-refractivity contribution is 6.06. The van der Waals surface area contributed by atoms with Crippen LogP contribution in [0.25, 0.3) is 0 Å². The van der Waals surface area contributed by atoms with Crippen LogP contribution in [0.5, 0.6) is 0 Å². The van der Waals surface area contributed by atoms with Crippen molar-refractivity contribution in [1.82, 2.24) is 10.2 Å². The van der Waals surface area contributed by atoms with E-state index in [-0.39, 0.29) is 30.5 Å². The number of alkyl halides is 3. The van der Waals surface area contributed by atoms with E-state index in [1.165, 1.54) is 0 Å². The van der Waals surface area contributed by atoms with Gasteiger partial charge in [-0.15, -0.1) is 0 Å². The van der Waals surface area contributed by atoms with E-state index in [1.54, 1.807) is 0 Å². The number of carbonyl (C=O) groups excluding carboxylic acids is 4. The number of nitrogens with one attached hydrogen (secondary N) is 2. The molecule has 2 aliphatic rings. The van der Waals surface area contributed by atoms with Gasteiger partial charge in [0.15, 0.2) is 0 Å². The standard InChI is InChI=1S/C16H14F3N3O4/c1-7(23)20-11-4-8-6-22(12-2-3-13(24)21-14(12)25)15(26)9(8)5-10(11)16(17,18)19/h4-5,12H,2-3,6H2,1H3,(H,20,23)(H,21,24,25). The van der Waals surface area contributed by atoms with E-state index in [2.05, 4.69) is 10.6 Å². The quantitative estimate of drug-likeness (QED) is 0.771. The molecule has 7 nitrogen and oxygen atoms in total. The number of rotatable bonds is 2. The van der Waals surface area contributed by atoms with Crippen molar-refractivity contribution < 1.29 is 32.3 Å². The molecule has 0 aliphatic carbocycles. The minimum Gasteiger partial charge on any atom is -0.326 e. The maximum Gasteiger partial charge on any atom is 0.418 e. The van der Waals surface area contributed by atoms with Gasteiger partial charge < -0.3 is 10.2 Å². The first-order valence-electron chi connectivity index (χ1n) is 7.74. The van der Waals surface area contributed by atoms with Crippen molar-refractivity contribution in [2.75, 3.05) is 5.32 Å². The average molecular weight is 369 g/mol. The lowest BCUT2D eigenvalue weighted by Crippen LogP contribution is -2.52. The number of anilines is 1. The third kappa shape index (κ3) is 3.14. The van der Waals surface area contributed by atoms with Gasteiger partial charge in [0.2, 0.25) is 17.7 Å². The summed E-state index contributed by atoms with van der Waals surface area (Å²) in [4.78, 5) is 48.1. The Morgan fingerprint density at radius 1 is 1.27 bits per heavy atom. The summed E-state index contributed by atoms with van der Waals surface area (Å²) >= 11 is 0. The lowest BCUT2D eigenvalue weighted by atomic mass is 10.0. The second-order valence-corrected chi connectivity index (χ2v) is 6.13. The Kier molecular flexibility index (Phi) is 4.21. The number of imide groups is 1. The van der Waals surface area contributed by atoms with Crippen LogP contribution < -0.4 is 10.6 Å². The van der Waals surface area contributed by atoms with Gasteiger partial charge in [0.1, 0.15) is 6.04 Å². The van der Waals surface area contributed by atoms with Crippen molar-refractivity contribution in [1.29, 1.82) is 0 Å². The number of carbonyl (C=O) groups is 4. The number of piperidine rings is 1. The van der Waals surface area contributed by atoms with Gasteiger partial charge in [-0.1, -0.05) is 0 Å². The van der Waals surface area contributed by atoms with Gasteiger partial charge >= 0.3 is 6.18 Å². The Balaban J connectivity index is 1.98. The number of hydrogen-bond acceptors (Lipinski definition) is 4. The molecule has 2 aliphatic heterocycles. The molecule has 1 aromatic carbocycles. The lowest BCUT2D eigenvalue weighted by Gasteiger charge is -2.29. The highest BCUT2D eigenvalue weighted by Gasteiger charge is 2.42. The van der Waals surface area contributed by atoms with E-state index in [0.29, 0.717) is 6.07 Å². The number of fused-ring (bicyclic) bond motifs is 1. The number of nitrogens with zero attached hydrogens (tertiary/aromatic N) is 1. The molecule has 10 heteroatoms. The van der Waals surface area contributed by atoms with Gasteiger partial charge in [0.05, 0.1) is 11.3 Å². The highest BCUT2D eigenvalue weighted by atomic mass is 19.4. The second-order valence-electron chi connectivity index (χ2n) is 6.13. The Morgan fingerprint density at radius 3 is 2.54 bits per heavy atom. The average Bonchev–Trinajstić information content (AvgIpc) is 2.81. The first kappa shape index (κ1) is 17.9. The molecular weight excluding hydrogens is 355 g/mol. The van der Waals surface area contributed by atoms with Crippen molar-refractivity contribution >= 4 is 29.3 Å². The fourth-order valence-electron chi connectivity index (χ4n) is 3.14. The topological polar surface area (TPSA) is 95.6 Å². The molecule has 0 saturated carbocycles. The zero-order chi connectivity index (χ0) is 19.2. The number of halogens is 3. The summed E-state index contributed by atoms with van der Waals surface area (Å²) in [7, 11) is 0. The Labute approximate surface area is 145 Å². The Bertz CT molecular complexity index is 835. The van der Waals surface area contributed by atoms with Crippen molar-refractivity contribution in [3.8, 4) is 0 Å². The summed E-state index contributed by atoms with van der Waals surface area (Å²) in [5, 5.41) is 4.24. The van der Waals surface area contributed by atoms with Crippen molar-refractivity contribution in [3.05, 3.63) is 28.8 Å². The number of amides is 4. The van der Waals surface area contributed by atoms with Crippen LogP contribution in [0, 0.1) is 0 Å².